The molecule has 1 atom stereocenters. The summed E-state index contributed by atoms with van der Waals surface area (Å²) in [6.07, 6.45) is 3.36. The van der Waals surface area contributed by atoms with Crippen molar-refractivity contribution < 1.29 is 14.3 Å². The molecule has 2 aromatic carbocycles. The van der Waals surface area contributed by atoms with Gasteiger partial charge in [-0.2, -0.15) is 0 Å². The average molecular weight is 486 g/mol. The van der Waals surface area contributed by atoms with Gasteiger partial charge in [-0.1, -0.05) is 24.3 Å². The maximum Gasteiger partial charge on any atom is 0.316 e. The van der Waals surface area contributed by atoms with Crippen molar-refractivity contribution >= 4 is 16.8 Å². The molecule has 4 rings (SSSR count). The molecular formula is C28H31N5O3. The average Bonchev–Trinajstić information content (AvgIpc) is 2.88. The first-order valence-electron chi connectivity index (χ1n) is 11.8. The summed E-state index contributed by atoms with van der Waals surface area (Å²) in [5, 5.41) is 4.14. The molecule has 4 aromatic rings. The summed E-state index contributed by atoms with van der Waals surface area (Å²) in [6.45, 7) is 5.24. The number of hydrogen-bond donors (Lipinski definition) is 1. The summed E-state index contributed by atoms with van der Waals surface area (Å²) in [4.78, 5) is 28.6. The molecule has 0 radical (unpaired) electrons. The molecule has 0 aliphatic heterocycles. The third kappa shape index (κ3) is 5.78. The van der Waals surface area contributed by atoms with Crippen molar-refractivity contribution in [2.45, 2.75) is 19.9 Å². The fraction of sp³-hybridized carbons (Fsp3) is 0.286. The quantitative estimate of drug-likeness (QED) is 0.375. The highest BCUT2D eigenvalue weighted by atomic mass is 16.5. The summed E-state index contributed by atoms with van der Waals surface area (Å²) in [5.74, 6) is 0.518. The number of hydrogen-bond acceptors (Lipinski definition) is 7. The van der Waals surface area contributed by atoms with E-state index in [1.165, 1.54) is 7.11 Å². The van der Waals surface area contributed by atoms with Crippen LogP contribution in [0.2, 0.25) is 0 Å². The number of likely N-dealkylation sites (N-methyl/N-ethyl adjacent to an activating group) is 1. The Morgan fingerprint density at radius 1 is 1.08 bits per heavy atom. The van der Waals surface area contributed by atoms with Crippen molar-refractivity contribution in [3.8, 4) is 23.0 Å². The molecule has 0 fully saturated rings. The molecule has 1 amide bonds. The van der Waals surface area contributed by atoms with Gasteiger partial charge in [0.1, 0.15) is 12.4 Å². The number of carbonyl (C=O) groups is 1. The number of carbonyl (C=O) groups excluding carboxylic acids is 1. The van der Waals surface area contributed by atoms with Crippen LogP contribution in [0.15, 0.2) is 60.9 Å². The topological polar surface area (TPSA) is 89.5 Å². The number of methoxy groups -OCH3 is 1. The second kappa shape index (κ2) is 11.1. The second-order valence-electron chi connectivity index (χ2n) is 8.90. The van der Waals surface area contributed by atoms with Gasteiger partial charge in [-0.25, -0.2) is 15.0 Å². The number of rotatable bonds is 9. The van der Waals surface area contributed by atoms with Crippen LogP contribution in [0.1, 0.15) is 34.5 Å². The van der Waals surface area contributed by atoms with Gasteiger partial charge in [0.2, 0.25) is 0 Å². The van der Waals surface area contributed by atoms with Gasteiger partial charge in [0.25, 0.3) is 5.91 Å². The van der Waals surface area contributed by atoms with Crippen molar-refractivity contribution in [2.75, 3.05) is 34.4 Å². The number of nitrogens with one attached hydrogen (secondary N) is 1. The molecule has 2 aromatic heterocycles. The van der Waals surface area contributed by atoms with Crippen LogP contribution in [0.3, 0.4) is 0 Å². The number of nitrogens with zero attached hydrogens (tertiary/aromatic N) is 4. The van der Waals surface area contributed by atoms with Crippen molar-refractivity contribution in [1.29, 1.82) is 0 Å². The number of amides is 1. The minimum atomic E-state index is -0.277. The van der Waals surface area contributed by atoms with Crippen LogP contribution < -0.4 is 14.8 Å². The summed E-state index contributed by atoms with van der Waals surface area (Å²) < 4.78 is 10.9. The lowest BCUT2D eigenvalue weighted by atomic mass is 9.99. The summed E-state index contributed by atoms with van der Waals surface area (Å²) in [7, 11) is 5.52. The molecular weight excluding hydrogens is 454 g/mol. The lowest BCUT2D eigenvalue weighted by molar-refractivity contribution is 0.0939. The van der Waals surface area contributed by atoms with Gasteiger partial charge < -0.3 is 19.7 Å². The molecule has 2 heterocycles. The van der Waals surface area contributed by atoms with Gasteiger partial charge >= 0.3 is 6.01 Å². The Labute approximate surface area is 211 Å². The van der Waals surface area contributed by atoms with Crippen molar-refractivity contribution in [1.82, 2.24) is 25.2 Å². The first-order chi connectivity index (χ1) is 17.4. The molecule has 0 aliphatic carbocycles. The zero-order valence-corrected chi connectivity index (χ0v) is 21.3. The fourth-order valence-corrected chi connectivity index (χ4v) is 3.90. The molecule has 8 heteroatoms. The maximum absolute atomic E-state index is 13.3. The van der Waals surface area contributed by atoms with E-state index in [1.54, 1.807) is 18.5 Å². The van der Waals surface area contributed by atoms with E-state index in [0.717, 1.165) is 39.8 Å². The van der Waals surface area contributed by atoms with Crippen LogP contribution >= 0.6 is 0 Å². The molecule has 1 N–H and O–H groups in total. The minimum absolute atomic E-state index is 0.159. The summed E-state index contributed by atoms with van der Waals surface area (Å²) in [6, 6.07) is 15.5. The van der Waals surface area contributed by atoms with E-state index >= 15 is 0 Å². The molecule has 36 heavy (non-hydrogen) atoms. The number of pyridine rings is 1. The Balaban J connectivity index is 1.61. The van der Waals surface area contributed by atoms with Crippen LogP contribution in [-0.2, 0) is 0 Å². The zero-order chi connectivity index (χ0) is 25.7. The number of aryl methyl sites for hydroxylation is 1. The van der Waals surface area contributed by atoms with E-state index in [-0.39, 0.29) is 11.9 Å². The highest BCUT2D eigenvalue weighted by molar-refractivity contribution is 5.96. The number of benzene rings is 2. The minimum Gasteiger partial charge on any atom is -0.492 e. The molecule has 0 spiro atoms. The largest absolute Gasteiger partial charge is 0.492 e. The summed E-state index contributed by atoms with van der Waals surface area (Å²) >= 11 is 0. The van der Waals surface area contributed by atoms with Crippen LogP contribution in [0.25, 0.3) is 22.2 Å². The highest BCUT2D eigenvalue weighted by Gasteiger charge is 2.18. The van der Waals surface area contributed by atoms with Gasteiger partial charge in [-0.3, -0.25) is 4.79 Å². The third-order valence-corrected chi connectivity index (χ3v) is 5.93. The number of ether oxygens (including phenoxy) is 2. The zero-order valence-electron chi connectivity index (χ0n) is 21.3. The van der Waals surface area contributed by atoms with E-state index in [4.69, 9.17) is 14.5 Å². The second-order valence-corrected chi connectivity index (χ2v) is 8.90. The van der Waals surface area contributed by atoms with E-state index in [1.807, 2.05) is 70.4 Å². The monoisotopic (exact) mass is 485 g/mol. The van der Waals surface area contributed by atoms with Crippen LogP contribution in [-0.4, -0.2) is 60.1 Å². The molecule has 0 saturated carbocycles. The Bertz CT molecular complexity index is 1360. The smallest absolute Gasteiger partial charge is 0.316 e. The number of aromatic nitrogens is 3. The van der Waals surface area contributed by atoms with E-state index in [2.05, 4.69) is 20.2 Å². The molecule has 186 valence electrons. The number of fused-ring (bicyclic) bond motifs is 1. The summed E-state index contributed by atoms with van der Waals surface area (Å²) in [5.41, 5.74) is 4.74. The van der Waals surface area contributed by atoms with Crippen LogP contribution in [0.4, 0.5) is 0 Å². The molecule has 0 aliphatic rings. The van der Waals surface area contributed by atoms with Crippen LogP contribution in [0.5, 0.6) is 11.8 Å². The first kappa shape index (κ1) is 25.1. The fourth-order valence-electron chi connectivity index (χ4n) is 3.90. The maximum atomic E-state index is 13.3. The molecule has 8 nitrogen and oxygen atoms in total. The highest BCUT2D eigenvalue weighted by Crippen LogP contribution is 2.29. The van der Waals surface area contributed by atoms with Gasteiger partial charge in [0, 0.05) is 35.5 Å². The van der Waals surface area contributed by atoms with Crippen molar-refractivity contribution in [2.24, 2.45) is 0 Å². The van der Waals surface area contributed by atoms with Crippen LogP contribution in [0, 0.1) is 6.92 Å². The lowest BCUT2D eigenvalue weighted by Crippen LogP contribution is -2.27. The Morgan fingerprint density at radius 3 is 2.56 bits per heavy atom. The predicted octanol–water partition coefficient (Wildman–Crippen LogP) is 4.44. The molecule has 0 unspecified atom stereocenters. The Morgan fingerprint density at radius 2 is 1.83 bits per heavy atom. The molecule has 0 saturated heterocycles. The van der Waals surface area contributed by atoms with Crippen molar-refractivity contribution in [3.05, 3.63) is 77.6 Å². The van der Waals surface area contributed by atoms with E-state index in [9.17, 15) is 4.79 Å². The standard InChI is InChI=1S/C28H31N5O3/c1-18-10-11-21(36-13-12-33(3)4)14-23(18)27(34)31-19(2)24-15-26(20-16-29-28(35-5)30-17-20)32-25-9-7-6-8-22(24)25/h6-11,14-17,19H,12-13H2,1-5H3,(H,31,34)/t19-/m1/s1. The van der Waals surface area contributed by atoms with Gasteiger partial charge in [0.05, 0.1) is 24.4 Å². The van der Waals surface area contributed by atoms with Gasteiger partial charge in [-0.15, -0.1) is 0 Å². The van der Waals surface area contributed by atoms with Gasteiger partial charge in [-0.05, 0) is 63.3 Å². The third-order valence-electron chi connectivity index (χ3n) is 5.93. The Hall–Kier alpha value is -4.04. The van der Waals surface area contributed by atoms with Crippen molar-refractivity contribution in [3.63, 3.8) is 0 Å². The number of para-hydroxylation sites is 1. The first-order valence-corrected chi connectivity index (χ1v) is 11.8. The molecule has 0 bridgehead atoms. The Kier molecular flexibility index (Phi) is 7.75. The normalized spacial score (nSPS) is 11.9. The van der Waals surface area contributed by atoms with Gasteiger partial charge in [0.15, 0.2) is 0 Å². The SMILES string of the molecule is COc1ncc(-c2cc([C@@H](C)NC(=O)c3cc(OCCN(C)C)ccc3C)c3ccccc3n2)cn1. The lowest BCUT2D eigenvalue weighted by Gasteiger charge is -2.19. The van der Waals surface area contributed by atoms with E-state index in [0.29, 0.717) is 23.9 Å². The predicted molar refractivity (Wildman–Crippen MR) is 140 cm³/mol. The van der Waals surface area contributed by atoms with E-state index < -0.39 is 0 Å².